The van der Waals surface area contributed by atoms with Crippen LogP contribution in [0.15, 0.2) is 47.2 Å². The molecule has 2 amide bonds. The van der Waals surface area contributed by atoms with E-state index in [4.69, 9.17) is 4.74 Å². The Morgan fingerprint density at radius 2 is 1.74 bits per heavy atom. The highest BCUT2D eigenvalue weighted by Crippen LogP contribution is 2.21. The summed E-state index contributed by atoms with van der Waals surface area (Å²) < 4.78 is 5.76. The average Bonchev–Trinajstić information content (AvgIpc) is 3.47. The fourth-order valence-electron chi connectivity index (χ4n) is 3.63. The maximum absolute atomic E-state index is 12.8. The minimum atomic E-state index is -0.208. The lowest BCUT2D eigenvalue weighted by molar-refractivity contribution is 0.0862. The number of aromatic nitrogens is 1. The largest absolute Gasteiger partial charge is 0.486 e. The monoisotopic (exact) mass is 455 g/mol. The van der Waals surface area contributed by atoms with Gasteiger partial charge in [-0.3, -0.25) is 9.59 Å². The van der Waals surface area contributed by atoms with Crippen LogP contribution >= 0.6 is 22.7 Å². The van der Waals surface area contributed by atoms with Gasteiger partial charge in [0.25, 0.3) is 11.8 Å². The summed E-state index contributed by atoms with van der Waals surface area (Å²) in [4.78, 5) is 30.3. The van der Waals surface area contributed by atoms with Gasteiger partial charge in [0.05, 0.1) is 4.88 Å². The van der Waals surface area contributed by atoms with Crippen molar-refractivity contribution in [1.29, 1.82) is 0 Å². The first-order valence-electron chi connectivity index (χ1n) is 10.4. The summed E-state index contributed by atoms with van der Waals surface area (Å²) >= 11 is 2.82. The molecule has 1 aromatic carbocycles. The molecule has 6 nitrogen and oxygen atoms in total. The lowest BCUT2D eigenvalue weighted by Crippen LogP contribution is -2.53. The van der Waals surface area contributed by atoms with Crippen molar-refractivity contribution in [3.05, 3.63) is 68.3 Å². The summed E-state index contributed by atoms with van der Waals surface area (Å²) in [5.74, 6) is 0.490. The van der Waals surface area contributed by atoms with Crippen LogP contribution in [0, 0.1) is 6.92 Å². The molecule has 2 atom stereocenters. The summed E-state index contributed by atoms with van der Waals surface area (Å²) in [6.07, 6.45) is 3.77. The maximum atomic E-state index is 12.8. The molecule has 0 bridgehead atoms. The van der Waals surface area contributed by atoms with E-state index in [1.54, 1.807) is 5.38 Å². The van der Waals surface area contributed by atoms with E-state index in [0.717, 1.165) is 36.4 Å². The standard InChI is InChI=1S/C23H25N3O3S2/c1-15-8-10-16(11-9-15)29-13-21-24-19(14-31-21)22(27)25-17-5-2-3-6-18(17)26-23(28)20-7-4-12-30-20/h4,7-12,14,17-18H,2-3,5-6,13H2,1H3,(H,25,27)(H,26,28). The van der Waals surface area contributed by atoms with E-state index in [0.29, 0.717) is 17.2 Å². The number of hydrogen-bond acceptors (Lipinski definition) is 6. The zero-order valence-electron chi connectivity index (χ0n) is 17.3. The Labute approximate surface area is 189 Å². The fraction of sp³-hybridized carbons (Fsp3) is 0.348. The van der Waals surface area contributed by atoms with Gasteiger partial charge in [-0.1, -0.05) is 36.6 Å². The zero-order valence-corrected chi connectivity index (χ0v) is 18.9. The van der Waals surface area contributed by atoms with Crippen molar-refractivity contribution in [3.8, 4) is 5.75 Å². The van der Waals surface area contributed by atoms with Crippen LogP contribution in [0.1, 0.15) is 56.4 Å². The number of aryl methyl sites for hydroxylation is 1. The van der Waals surface area contributed by atoms with Gasteiger partial charge >= 0.3 is 0 Å². The number of benzene rings is 1. The van der Waals surface area contributed by atoms with Gasteiger partial charge in [-0.2, -0.15) is 0 Å². The molecule has 162 valence electrons. The molecule has 0 aliphatic heterocycles. The number of thiazole rings is 1. The SMILES string of the molecule is Cc1ccc(OCc2nc(C(=O)NC3CCCCC3NC(=O)c3cccs3)cs2)cc1. The Hall–Kier alpha value is -2.71. The van der Waals surface area contributed by atoms with Crippen molar-refractivity contribution < 1.29 is 14.3 Å². The van der Waals surface area contributed by atoms with E-state index >= 15 is 0 Å². The quantitative estimate of drug-likeness (QED) is 0.547. The minimum Gasteiger partial charge on any atom is -0.486 e. The molecule has 0 saturated heterocycles. The second-order valence-corrected chi connectivity index (χ2v) is 9.54. The van der Waals surface area contributed by atoms with E-state index < -0.39 is 0 Å². The van der Waals surface area contributed by atoms with E-state index in [-0.39, 0.29) is 23.9 Å². The molecular formula is C23H25N3O3S2. The molecule has 1 aliphatic carbocycles. The highest BCUT2D eigenvalue weighted by molar-refractivity contribution is 7.12. The van der Waals surface area contributed by atoms with Crippen LogP contribution in [0.25, 0.3) is 0 Å². The van der Waals surface area contributed by atoms with Gasteiger partial charge in [0, 0.05) is 17.5 Å². The summed E-state index contributed by atoms with van der Waals surface area (Å²) in [6.45, 7) is 2.35. The molecule has 4 rings (SSSR count). The lowest BCUT2D eigenvalue weighted by Gasteiger charge is -2.32. The number of amides is 2. The molecule has 0 spiro atoms. The third-order valence-corrected chi connectivity index (χ3v) is 7.00. The third kappa shape index (κ3) is 5.71. The van der Waals surface area contributed by atoms with Crippen molar-refractivity contribution in [1.82, 2.24) is 15.6 Å². The molecule has 8 heteroatoms. The van der Waals surface area contributed by atoms with Crippen LogP contribution in [-0.2, 0) is 6.61 Å². The number of ether oxygens (including phenoxy) is 1. The molecule has 2 N–H and O–H groups in total. The van der Waals surface area contributed by atoms with Gasteiger partial charge in [0.1, 0.15) is 23.1 Å². The van der Waals surface area contributed by atoms with E-state index in [1.807, 2.05) is 48.7 Å². The number of hydrogen-bond donors (Lipinski definition) is 2. The van der Waals surface area contributed by atoms with Crippen molar-refractivity contribution in [2.24, 2.45) is 0 Å². The smallest absolute Gasteiger partial charge is 0.271 e. The van der Waals surface area contributed by atoms with Gasteiger partial charge in [-0.25, -0.2) is 4.98 Å². The summed E-state index contributed by atoms with van der Waals surface area (Å²) in [5, 5.41) is 10.6. The fourth-order valence-corrected chi connectivity index (χ4v) is 4.94. The maximum Gasteiger partial charge on any atom is 0.271 e. The minimum absolute atomic E-state index is 0.0738. The number of carbonyl (C=O) groups excluding carboxylic acids is 2. The second kappa shape index (κ2) is 10.1. The van der Waals surface area contributed by atoms with Gasteiger partial charge in [-0.05, 0) is 43.3 Å². The van der Waals surface area contributed by atoms with E-state index in [9.17, 15) is 9.59 Å². The number of nitrogens with one attached hydrogen (secondary N) is 2. The van der Waals surface area contributed by atoms with Gasteiger partial charge in [0.2, 0.25) is 0 Å². The number of nitrogens with zero attached hydrogens (tertiary/aromatic N) is 1. The van der Waals surface area contributed by atoms with Gasteiger partial charge < -0.3 is 15.4 Å². The van der Waals surface area contributed by atoms with Crippen LogP contribution in [0.5, 0.6) is 5.75 Å². The third-order valence-electron chi connectivity index (χ3n) is 5.31. The predicted molar refractivity (Wildman–Crippen MR) is 123 cm³/mol. The van der Waals surface area contributed by atoms with Crippen LogP contribution < -0.4 is 15.4 Å². The second-order valence-electron chi connectivity index (χ2n) is 7.65. The van der Waals surface area contributed by atoms with Crippen LogP contribution in [0.3, 0.4) is 0 Å². The normalized spacial score (nSPS) is 18.4. The zero-order chi connectivity index (χ0) is 21.6. The van der Waals surface area contributed by atoms with Crippen LogP contribution in [0.4, 0.5) is 0 Å². The molecule has 1 aliphatic rings. The first-order chi connectivity index (χ1) is 15.1. The number of carbonyl (C=O) groups is 2. The Morgan fingerprint density at radius 3 is 2.42 bits per heavy atom. The first kappa shape index (κ1) is 21.5. The summed E-state index contributed by atoms with van der Waals surface area (Å²) in [7, 11) is 0. The molecular weight excluding hydrogens is 430 g/mol. The topological polar surface area (TPSA) is 80.3 Å². The lowest BCUT2D eigenvalue weighted by atomic mass is 9.90. The Kier molecular flexibility index (Phi) is 6.99. The van der Waals surface area contributed by atoms with E-state index in [2.05, 4.69) is 15.6 Å². The molecule has 1 saturated carbocycles. The number of rotatable bonds is 7. The van der Waals surface area contributed by atoms with Gasteiger partial charge in [-0.15, -0.1) is 22.7 Å². The molecule has 31 heavy (non-hydrogen) atoms. The van der Waals surface area contributed by atoms with E-state index in [1.165, 1.54) is 28.2 Å². The average molecular weight is 456 g/mol. The molecule has 0 radical (unpaired) electrons. The highest BCUT2D eigenvalue weighted by Gasteiger charge is 2.29. The van der Waals surface area contributed by atoms with Crippen molar-refractivity contribution in [2.45, 2.75) is 51.3 Å². The van der Waals surface area contributed by atoms with Crippen LogP contribution in [0.2, 0.25) is 0 Å². The molecule has 2 unspecified atom stereocenters. The van der Waals surface area contributed by atoms with Gasteiger partial charge in [0.15, 0.2) is 0 Å². The van der Waals surface area contributed by atoms with Crippen molar-refractivity contribution in [3.63, 3.8) is 0 Å². The first-order valence-corrected chi connectivity index (χ1v) is 12.1. The Bertz CT molecular complexity index is 1020. The molecule has 1 fully saturated rings. The summed E-state index contributed by atoms with van der Waals surface area (Å²) in [6, 6.07) is 11.3. The molecule has 3 aromatic rings. The highest BCUT2D eigenvalue weighted by atomic mass is 32.1. The summed E-state index contributed by atoms with van der Waals surface area (Å²) in [5.41, 5.74) is 1.56. The number of thiophene rings is 1. The predicted octanol–water partition coefficient (Wildman–Crippen LogP) is 4.56. The van der Waals surface area contributed by atoms with Crippen LogP contribution in [-0.4, -0.2) is 28.9 Å². The Balaban J connectivity index is 1.33. The molecule has 2 heterocycles. The van der Waals surface area contributed by atoms with Crippen molar-refractivity contribution in [2.75, 3.05) is 0 Å². The Morgan fingerprint density at radius 1 is 1.03 bits per heavy atom. The molecule has 2 aromatic heterocycles. The van der Waals surface area contributed by atoms with Crippen molar-refractivity contribution >= 4 is 34.5 Å².